The van der Waals surface area contributed by atoms with Crippen LogP contribution in [-0.2, 0) is 0 Å². The molecule has 0 aliphatic rings. The van der Waals surface area contributed by atoms with Crippen LogP contribution in [0.2, 0.25) is 0 Å². The predicted molar refractivity (Wildman–Crippen MR) is 121 cm³/mol. The zero-order valence-electron chi connectivity index (χ0n) is 16.2. The minimum atomic E-state index is 0.763. The lowest BCUT2D eigenvalue weighted by atomic mass is 9.98. The third-order valence-electron chi connectivity index (χ3n) is 5.23. The molecule has 0 saturated heterocycles. The minimum absolute atomic E-state index is 0.763. The first-order chi connectivity index (χ1) is 14.3. The number of rotatable bonds is 3. The van der Waals surface area contributed by atoms with Crippen molar-refractivity contribution in [3.8, 4) is 33.9 Å². The van der Waals surface area contributed by atoms with E-state index in [1.54, 1.807) is 0 Å². The Bertz CT molecular complexity index is 1230. The number of hydrogen-bond donors (Lipinski definition) is 0. The van der Waals surface area contributed by atoms with Gasteiger partial charge in [-0.25, -0.2) is 9.97 Å². The highest BCUT2D eigenvalue weighted by Crippen LogP contribution is 2.33. The van der Waals surface area contributed by atoms with E-state index in [1.807, 2.05) is 36.4 Å². The van der Waals surface area contributed by atoms with Gasteiger partial charge in [0.25, 0.3) is 0 Å². The van der Waals surface area contributed by atoms with E-state index >= 15 is 0 Å². The first-order valence-corrected chi connectivity index (χ1v) is 9.78. The summed E-state index contributed by atoms with van der Waals surface area (Å²) >= 11 is 0. The number of nitrogens with zero attached hydrogens (tertiary/aromatic N) is 2. The van der Waals surface area contributed by atoms with Crippen LogP contribution in [0.5, 0.6) is 0 Å². The second-order valence-electron chi connectivity index (χ2n) is 7.17. The van der Waals surface area contributed by atoms with Crippen LogP contribution in [0, 0.1) is 6.92 Å². The van der Waals surface area contributed by atoms with Gasteiger partial charge in [-0.1, -0.05) is 97.1 Å². The molecule has 0 saturated carbocycles. The fourth-order valence-corrected chi connectivity index (χ4v) is 3.75. The minimum Gasteiger partial charge on any atom is -0.228 e. The number of hydrogen-bond acceptors (Lipinski definition) is 2. The van der Waals surface area contributed by atoms with E-state index in [4.69, 9.17) is 9.97 Å². The van der Waals surface area contributed by atoms with Gasteiger partial charge in [-0.15, -0.1) is 0 Å². The molecule has 0 atom stereocenters. The topological polar surface area (TPSA) is 25.8 Å². The molecule has 0 spiro atoms. The van der Waals surface area contributed by atoms with Crippen molar-refractivity contribution in [3.05, 3.63) is 109 Å². The number of fused-ring (bicyclic) bond motifs is 1. The summed E-state index contributed by atoms with van der Waals surface area (Å²) in [6.45, 7) is 2.13. The number of aromatic nitrogens is 2. The molecular weight excluding hydrogens is 352 g/mol. The van der Waals surface area contributed by atoms with Gasteiger partial charge in [0.15, 0.2) is 5.82 Å². The van der Waals surface area contributed by atoms with Crippen LogP contribution < -0.4 is 0 Å². The Morgan fingerprint density at radius 3 is 1.72 bits per heavy atom. The average Bonchev–Trinajstić information content (AvgIpc) is 2.80. The molecule has 1 aromatic heterocycles. The molecule has 0 aliphatic heterocycles. The number of benzene rings is 4. The lowest BCUT2D eigenvalue weighted by molar-refractivity contribution is 1.18. The van der Waals surface area contributed by atoms with Crippen molar-refractivity contribution in [1.29, 1.82) is 0 Å². The van der Waals surface area contributed by atoms with Crippen molar-refractivity contribution in [2.24, 2.45) is 0 Å². The van der Waals surface area contributed by atoms with Gasteiger partial charge in [0, 0.05) is 16.7 Å². The summed E-state index contributed by atoms with van der Waals surface area (Å²) in [5.74, 6) is 0.763. The third kappa shape index (κ3) is 3.30. The van der Waals surface area contributed by atoms with E-state index in [-0.39, 0.29) is 0 Å². The van der Waals surface area contributed by atoms with Gasteiger partial charge in [0.05, 0.1) is 11.4 Å². The Kier molecular flexibility index (Phi) is 4.38. The lowest BCUT2D eigenvalue weighted by Gasteiger charge is -2.13. The largest absolute Gasteiger partial charge is 0.228 e. The van der Waals surface area contributed by atoms with Crippen LogP contribution in [0.15, 0.2) is 103 Å². The Labute approximate surface area is 170 Å². The molecule has 138 valence electrons. The molecule has 0 unspecified atom stereocenters. The summed E-state index contributed by atoms with van der Waals surface area (Å²) < 4.78 is 0. The SMILES string of the molecule is Cc1ccc2ccccc2c1-c1nc(-c2ccccc2)cc(-c2ccccc2)n1. The average molecular weight is 372 g/mol. The highest BCUT2D eigenvalue weighted by atomic mass is 14.9. The van der Waals surface area contributed by atoms with Gasteiger partial charge in [0.1, 0.15) is 0 Å². The highest BCUT2D eigenvalue weighted by molar-refractivity contribution is 5.97. The molecule has 0 amide bonds. The molecule has 5 aromatic rings. The van der Waals surface area contributed by atoms with Crippen LogP contribution in [0.4, 0.5) is 0 Å². The van der Waals surface area contributed by atoms with Crippen molar-refractivity contribution in [3.63, 3.8) is 0 Å². The van der Waals surface area contributed by atoms with Crippen LogP contribution in [0.1, 0.15) is 5.56 Å². The van der Waals surface area contributed by atoms with Crippen LogP contribution in [-0.4, -0.2) is 9.97 Å². The van der Waals surface area contributed by atoms with Gasteiger partial charge in [0.2, 0.25) is 0 Å². The van der Waals surface area contributed by atoms with E-state index in [9.17, 15) is 0 Å². The molecule has 0 fully saturated rings. The maximum Gasteiger partial charge on any atom is 0.161 e. The standard InChI is InChI=1S/C27H20N2/c1-19-16-17-20-10-8-9-15-23(20)26(19)27-28-24(21-11-4-2-5-12-21)18-25(29-27)22-13-6-3-7-14-22/h2-18H,1H3. The Hall–Kier alpha value is -3.78. The third-order valence-corrected chi connectivity index (χ3v) is 5.23. The molecule has 29 heavy (non-hydrogen) atoms. The maximum atomic E-state index is 5.00. The van der Waals surface area contributed by atoms with Crippen LogP contribution >= 0.6 is 0 Å². The van der Waals surface area contributed by atoms with Gasteiger partial charge in [-0.2, -0.15) is 0 Å². The van der Waals surface area contributed by atoms with Gasteiger partial charge in [-0.3, -0.25) is 0 Å². The molecule has 2 heteroatoms. The Morgan fingerprint density at radius 1 is 0.552 bits per heavy atom. The first kappa shape index (κ1) is 17.3. The summed E-state index contributed by atoms with van der Waals surface area (Å²) in [5, 5.41) is 2.37. The Balaban J connectivity index is 1.81. The fourth-order valence-electron chi connectivity index (χ4n) is 3.75. The summed E-state index contributed by atoms with van der Waals surface area (Å²) in [6.07, 6.45) is 0. The van der Waals surface area contributed by atoms with Gasteiger partial charge < -0.3 is 0 Å². The molecule has 4 aromatic carbocycles. The molecule has 1 heterocycles. The summed E-state index contributed by atoms with van der Waals surface area (Å²) in [4.78, 5) is 10.00. The van der Waals surface area contributed by atoms with E-state index in [0.29, 0.717) is 0 Å². The quantitative estimate of drug-likeness (QED) is 0.343. The van der Waals surface area contributed by atoms with Crippen molar-refractivity contribution in [2.75, 3.05) is 0 Å². The predicted octanol–water partition coefficient (Wildman–Crippen LogP) is 6.94. The van der Waals surface area contributed by atoms with Crippen LogP contribution in [0.3, 0.4) is 0 Å². The summed E-state index contributed by atoms with van der Waals surface area (Å²) in [5.41, 5.74) is 6.31. The van der Waals surface area contributed by atoms with Gasteiger partial charge in [-0.05, 0) is 29.3 Å². The molecule has 0 N–H and O–H groups in total. The monoisotopic (exact) mass is 372 g/mol. The normalized spacial score (nSPS) is 10.9. The maximum absolute atomic E-state index is 5.00. The molecule has 0 aliphatic carbocycles. The first-order valence-electron chi connectivity index (χ1n) is 9.78. The second-order valence-corrected chi connectivity index (χ2v) is 7.17. The van der Waals surface area contributed by atoms with Crippen molar-refractivity contribution in [1.82, 2.24) is 9.97 Å². The molecule has 0 radical (unpaired) electrons. The zero-order valence-corrected chi connectivity index (χ0v) is 16.2. The van der Waals surface area contributed by atoms with Crippen molar-refractivity contribution >= 4 is 10.8 Å². The molecule has 2 nitrogen and oxygen atoms in total. The number of aryl methyl sites for hydroxylation is 1. The molecule has 0 bridgehead atoms. The fraction of sp³-hybridized carbons (Fsp3) is 0.0370. The smallest absolute Gasteiger partial charge is 0.161 e. The van der Waals surface area contributed by atoms with E-state index < -0.39 is 0 Å². The van der Waals surface area contributed by atoms with Gasteiger partial charge >= 0.3 is 0 Å². The Morgan fingerprint density at radius 2 is 1.10 bits per heavy atom. The zero-order chi connectivity index (χ0) is 19.6. The second kappa shape index (κ2) is 7.33. The molecular formula is C27H20N2. The van der Waals surface area contributed by atoms with E-state index in [2.05, 4.69) is 73.7 Å². The van der Waals surface area contributed by atoms with Crippen molar-refractivity contribution in [2.45, 2.75) is 6.92 Å². The lowest BCUT2D eigenvalue weighted by Crippen LogP contribution is -1.98. The summed E-state index contributed by atoms with van der Waals surface area (Å²) in [6, 6.07) is 35.4. The highest BCUT2D eigenvalue weighted by Gasteiger charge is 2.14. The van der Waals surface area contributed by atoms with E-state index in [0.717, 1.165) is 33.9 Å². The summed E-state index contributed by atoms with van der Waals surface area (Å²) in [7, 11) is 0. The van der Waals surface area contributed by atoms with Crippen molar-refractivity contribution < 1.29 is 0 Å². The molecule has 5 rings (SSSR count). The van der Waals surface area contributed by atoms with Crippen LogP contribution in [0.25, 0.3) is 44.7 Å². The van der Waals surface area contributed by atoms with E-state index in [1.165, 1.54) is 16.3 Å².